The van der Waals surface area contributed by atoms with Crippen LogP contribution in [0.25, 0.3) is 10.4 Å². The predicted molar refractivity (Wildman–Crippen MR) is 148 cm³/mol. The van der Waals surface area contributed by atoms with Crippen LogP contribution in [0.5, 0.6) is 0 Å². The van der Waals surface area contributed by atoms with Crippen molar-refractivity contribution in [3.8, 4) is 10.4 Å². The number of benzene rings is 1. The van der Waals surface area contributed by atoms with Gasteiger partial charge in [0.15, 0.2) is 0 Å². The van der Waals surface area contributed by atoms with Crippen molar-refractivity contribution in [3.05, 3.63) is 46.9 Å². The highest BCUT2D eigenvalue weighted by atomic mass is 32.2. The topological polar surface area (TPSA) is 112 Å². The molecule has 2 aliphatic heterocycles. The Balaban J connectivity index is 1.89. The Labute approximate surface area is 232 Å². The van der Waals surface area contributed by atoms with E-state index < -0.39 is 17.6 Å². The number of primary amides is 1. The number of ether oxygens (including phenoxy) is 1. The predicted octanol–water partition coefficient (Wildman–Crippen LogP) is 4.50. The Morgan fingerprint density at radius 3 is 2.49 bits per heavy atom. The third-order valence-electron chi connectivity index (χ3n) is 6.92. The molecule has 4 rings (SSSR count). The number of hydrogen-bond acceptors (Lipinski definition) is 7. The summed E-state index contributed by atoms with van der Waals surface area (Å²) in [7, 11) is 1.53. The lowest BCUT2D eigenvalue weighted by molar-refractivity contribution is -0.137. The van der Waals surface area contributed by atoms with Crippen molar-refractivity contribution < 1.29 is 27.5 Å². The number of piperazine rings is 1. The molecule has 0 spiro atoms. The number of amidine groups is 1. The van der Waals surface area contributed by atoms with Crippen molar-refractivity contribution in [2.24, 2.45) is 5.73 Å². The number of methoxy groups -OCH3 is 1. The SMILES string of the molecule is C=CC(=O)N1C(C)CN(C(=N)c2cc(C(F)(F)F)c(-c3sccc3C(N)=O)c3c2NCC(OC)CS3)C[C@@H]1C. The first-order valence-electron chi connectivity index (χ1n) is 12.2. The van der Waals surface area contributed by atoms with E-state index in [2.05, 4.69) is 11.9 Å². The highest BCUT2D eigenvalue weighted by molar-refractivity contribution is 7.99. The normalized spacial score (nSPS) is 21.5. The van der Waals surface area contributed by atoms with Crippen molar-refractivity contribution in [1.29, 1.82) is 5.41 Å². The van der Waals surface area contributed by atoms with Crippen LogP contribution in [0, 0.1) is 5.41 Å². The number of nitrogens with zero attached hydrogens (tertiary/aromatic N) is 2. The number of rotatable bonds is 5. The van der Waals surface area contributed by atoms with Crippen molar-refractivity contribution >= 4 is 46.4 Å². The first-order chi connectivity index (χ1) is 18.4. The fraction of sp³-hybridized carbons (Fsp3) is 0.423. The molecule has 1 saturated heterocycles. The number of anilines is 1. The van der Waals surface area contributed by atoms with Crippen molar-refractivity contribution in [2.75, 3.05) is 37.8 Å². The van der Waals surface area contributed by atoms with Crippen LogP contribution in [0.15, 0.2) is 35.1 Å². The summed E-state index contributed by atoms with van der Waals surface area (Å²) in [5, 5.41) is 13.8. The second-order valence-electron chi connectivity index (χ2n) is 9.53. The van der Waals surface area contributed by atoms with Gasteiger partial charge in [-0.3, -0.25) is 15.0 Å². The highest BCUT2D eigenvalue weighted by Gasteiger charge is 2.41. The number of nitrogens with one attached hydrogen (secondary N) is 2. The molecular weight excluding hydrogens is 551 g/mol. The van der Waals surface area contributed by atoms with Gasteiger partial charge in [-0.05, 0) is 37.4 Å². The molecule has 39 heavy (non-hydrogen) atoms. The van der Waals surface area contributed by atoms with Gasteiger partial charge in [0.05, 0.1) is 22.9 Å². The number of fused-ring (bicyclic) bond motifs is 1. The number of thiophene rings is 1. The van der Waals surface area contributed by atoms with E-state index in [-0.39, 0.29) is 69.5 Å². The molecule has 13 heteroatoms. The molecule has 2 amide bonds. The number of halogens is 3. The number of alkyl halides is 3. The average molecular weight is 582 g/mol. The van der Waals surface area contributed by atoms with Crippen LogP contribution in [0.2, 0.25) is 0 Å². The van der Waals surface area contributed by atoms with Crippen LogP contribution >= 0.6 is 23.1 Å². The lowest BCUT2D eigenvalue weighted by Gasteiger charge is -2.45. The number of amides is 2. The van der Waals surface area contributed by atoms with Crippen LogP contribution in [-0.4, -0.2) is 78.1 Å². The molecule has 3 atom stereocenters. The standard InChI is InChI=1S/C26H30F3N5O3S2/c1-5-19(35)34-13(2)10-33(11-14(34)3)24(30)17-8-18(26(27,28)29)20(22-16(25(31)36)6-7-38-22)23-21(17)32-9-15(37-4)12-39-23/h5-8,13-15,30,32H,1,9-12H2,2-4H3,(H2,31,36)/t13-,14?,15?/m0/s1. The lowest BCUT2D eigenvalue weighted by atomic mass is 9.96. The quantitative estimate of drug-likeness (QED) is 0.273. The molecule has 0 aliphatic carbocycles. The molecule has 0 bridgehead atoms. The summed E-state index contributed by atoms with van der Waals surface area (Å²) in [4.78, 5) is 28.3. The summed E-state index contributed by atoms with van der Waals surface area (Å²) in [6, 6.07) is 1.83. The van der Waals surface area contributed by atoms with Crippen LogP contribution in [0.4, 0.5) is 18.9 Å². The molecule has 8 nitrogen and oxygen atoms in total. The summed E-state index contributed by atoms with van der Waals surface area (Å²) in [5.41, 5.74) is 4.92. The van der Waals surface area contributed by atoms with Crippen LogP contribution < -0.4 is 11.1 Å². The van der Waals surface area contributed by atoms with Crippen LogP contribution in [-0.2, 0) is 15.7 Å². The third-order valence-corrected chi connectivity index (χ3v) is 9.08. The number of thioether (sulfide) groups is 1. The molecule has 0 radical (unpaired) electrons. The van der Waals surface area contributed by atoms with Gasteiger partial charge in [0.2, 0.25) is 11.8 Å². The molecule has 210 valence electrons. The fourth-order valence-electron chi connectivity index (χ4n) is 5.13. The minimum atomic E-state index is -4.78. The van der Waals surface area contributed by atoms with Gasteiger partial charge >= 0.3 is 6.18 Å². The van der Waals surface area contributed by atoms with Gasteiger partial charge in [0.25, 0.3) is 0 Å². The Morgan fingerprint density at radius 2 is 1.92 bits per heavy atom. The van der Waals surface area contributed by atoms with Crippen molar-refractivity contribution in [3.63, 3.8) is 0 Å². The maximum Gasteiger partial charge on any atom is 0.417 e. The van der Waals surface area contributed by atoms with Gasteiger partial charge in [-0.15, -0.1) is 23.1 Å². The number of hydrogen-bond donors (Lipinski definition) is 3. The maximum absolute atomic E-state index is 14.7. The van der Waals surface area contributed by atoms with E-state index in [1.807, 2.05) is 13.8 Å². The van der Waals surface area contributed by atoms with Gasteiger partial charge < -0.3 is 25.6 Å². The number of carbonyl (C=O) groups is 2. The Morgan fingerprint density at radius 1 is 1.26 bits per heavy atom. The van der Waals surface area contributed by atoms with Gasteiger partial charge in [0.1, 0.15) is 5.84 Å². The Hall–Kier alpha value is -3.03. The molecule has 1 aromatic heterocycles. The maximum atomic E-state index is 14.7. The largest absolute Gasteiger partial charge is 0.417 e. The van der Waals surface area contributed by atoms with Crippen LogP contribution in [0.3, 0.4) is 0 Å². The molecule has 4 N–H and O–H groups in total. The van der Waals surface area contributed by atoms with Gasteiger partial charge in [-0.1, -0.05) is 6.58 Å². The van der Waals surface area contributed by atoms with Gasteiger partial charge in [0, 0.05) is 65.5 Å². The monoisotopic (exact) mass is 581 g/mol. The molecule has 1 aromatic carbocycles. The van der Waals surface area contributed by atoms with Gasteiger partial charge in [-0.2, -0.15) is 13.2 Å². The number of carbonyl (C=O) groups excluding carboxylic acids is 2. The average Bonchev–Trinajstić information content (AvgIpc) is 3.26. The van der Waals surface area contributed by atoms with Crippen molar-refractivity contribution in [1.82, 2.24) is 9.80 Å². The first kappa shape index (κ1) is 29.0. The molecular formula is C26H30F3N5O3S2. The molecule has 3 heterocycles. The van der Waals surface area contributed by atoms with E-state index in [9.17, 15) is 22.8 Å². The molecule has 1 fully saturated rings. The molecule has 2 aromatic rings. The van der Waals surface area contributed by atoms with Crippen molar-refractivity contribution in [2.45, 2.75) is 43.1 Å². The molecule has 2 aliphatic rings. The van der Waals surface area contributed by atoms with Crippen LogP contribution in [0.1, 0.15) is 35.3 Å². The van der Waals surface area contributed by atoms with E-state index in [1.165, 1.54) is 36.4 Å². The first-order valence-corrected chi connectivity index (χ1v) is 14.1. The molecule has 0 saturated carbocycles. The Bertz CT molecular complexity index is 1300. The minimum absolute atomic E-state index is 0.00863. The summed E-state index contributed by atoms with van der Waals surface area (Å²) in [6.07, 6.45) is -3.83. The van der Waals surface area contributed by atoms with E-state index >= 15 is 0 Å². The molecule has 2 unspecified atom stereocenters. The summed E-state index contributed by atoms with van der Waals surface area (Å²) in [6.45, 7) is 8.08. The van der Waals surface area contributed by atoms with Gasteiger partial charge in [-0.25, -0.2) is 0 Å². The zero-order chi connectivity index (χ0) is 28.6. The second-order valence-corrected chi connectivity index (χ2v) is 11.5. The summed E-state index contributed by atoms with van der Waals surface area (Å²) in [5.74, 6) is -0.770. The highest BCUT2D eigenvalue weighted by Crippen LogP contribution is 2.50. The van der Waals surface area contributed by atoms with E-state index in [4.69, 9.17) is 15.9 Å². The van der Waals surface area contributed by atoms with E-state index in [1.54, 1.807) is 9.80 Å². The second kappa shape index (κ2) is 11.2. The smallest absolute Gasteiger partial charge is 0.381 e. The summed E-state index contributed by atoms with van der Waals surface area (Å²) < 4.78 is 49.5. The number of nitrogens with two attached hydrogens (primary N) is 1. The zero-order valence-electron chi connectivity index (χ0n) is 21.7. The Kier molecular flexibility index (Phi) is 8.33. The van der Waals surface area contributed by atoms with E-state index in [0.717, 1.165) is 17.4 Å². The third kappa shape index (κ3) is 5.52. The summed E-state index contributed by atoms with van der Waals surface area (Å²) >= 11 is 2.20. The zero-order valence-corrected chi connectivity index (χ0v) is 23.4. The minimum Gasteiger partial charge on any atom is -0.381 e. The lowest BCUT2D eigenvalue weighted by Crippen LogP contribution is -2.59. The van der Waals surface area contributed by atoms with E-state index in [0.29, 0.717) is 18.0 Å². The fourth-order valence-corrected chi connectivity index (χ4v) is 7.45.